The minimum atomic E-state index is -4.70. The lowest BCUT2D eigenvalue weighted by molar-refractivity contribution is -0.137. The second kappa shape index (κ2) is 13.9. The zero-order valence-electron chi connectivity index (χ0n) is 23.9. The first kappa shape index (κ1) is 31.0. The minimum Gasteiger partial charge on any atom is -0.493 e. The molecule has 6 bridgehead atoms. The summed E-state index contributed by atoms with van der Waals surface area (Å²) < 4.78 is 53.5. The first-order valence-corrected chi connectivity index (χ1v) is 13.8. The van der Waals surface area contributed by atoms with Gasteiger partial charge in [0.2, 0.25) is 11.9 Å². The molecule has 0 aliphatic carbocycles. The molecular weight excluding hydrogens is 587 g/mol. The monoisotopic (exact) mass is 615 g/mol. The highest BCUT2D eigenvalue weighted by Crippen LogP contribution is 2.37. The van der Waals surface area contributed by atoms with E-state index >= 15 is 0 Å². The standard InChI is InChI=1S/C33H28F3N5O4/c1-2-29(42)38-24-10-6-9-23(16-24)31(43)39-25-14-21-15-26(18-25)40-32-37-19-28(33(34,35)36)30(41-32)22-8-7-11-27(17-22)45-13-5-3-4-12-44-20-21/h2-4,6-11,14-19H,1,5,12-13,20H2,(H,38,42)(H,39,43)(H,37,40,41)/b4-3+. The predicted molar refractivity (Wildman–Crippen MR) is 164 cm³/mol. The Kier molecular flexibility index (Phi) is 9.54. The maximum absolute atomic E-state index is 14.0. The second-order valence-electron chi connectivity index (χ2n) is 9.88. The molecule has 5 rings (SSSR count). The van der Waals surface area contributed by atoms with Crippen LogP contribution in [0, 0.1) is 0 Å². The Hall–Kier alpha value is -5.49. The van der Waals surface area contributed by atoms with Crippen LogP contribution in [-0.4, -0.2) is 35.0 Å². The first-order valence-electron chi connectivity index (χ1n) is 13.8. The molecule has 1 aliphatic heterocycles. The van der Waals surface area contributed by atoms with Gasteiger partial charge in [-0.15, -0.1) is 0 Å². The molecular formula is C33H28F3N5O4. The lowest BCUT2D eigenvalue weighted by Gasteiger charge is -2.16. The van der Waals surface area contributed by atoms with Crippen molar-refractivity contribution in [3.63, 3.8) is 0 Å². The summed E-state index contributed by atoms with van der Waals surface area (Å²) in [6, 6.07) is 17.7. The smallest absolute Gasteiger partial charge is 0.419 e. The fourth-order valence-electron chi connectivity index (χ4n) is 4.46. The summed E-state index contributed by atoms with van der Waals surface area (Å²) in [5, 5.41) is 8.40. The van der Waals surface area contributed by atoms with Crippen molar-refractivity contribution in [3.05, 3.63) is 114 Å². The van der Waals surface area contributed by atoms with E-state index in [2.05, 4.69) is 32.5 Å². The summed E-state index contributed by atoms with van der Waals surface area (Å²) in [6.07, 6.45) is 1.45. The van der Waals surface area contributed by atoms with Gasteiger partial charge in [-0.25, -0.2) is 9.97 Å². The molecule has 45 heavy (non-hydrogen) atoms. The van der Waals surface area contributed by atoms with Crippen LogP contribution in [0.5, 0.6) is 5.75 Å². The number of aromatic nitrogens is 2. The quantitative estimate of drug-likeness (QED) is 0.165. The number of carbonyl (C=O) groups is 2. The number of halogens is 3. The van der Waals surface area contributed by atoms with E-state index in [1.807, 2.05) is 12.2 Å². The molecule has 1 aliphatic rings. The Bertz CT molecular complexity index is 1760. The Morgan fingerprint density at radius 3 is 2.64 bits per heavy atom. The molecule has 9 nitrogen and oxygen atoms in total. The Labute approximate surface area is 256 Å². The largest absolute Gasteiger partial charge is 0.493 e. The highest BCUT2D eigenvalue weighted by atomic mass is 19.4. The van der Waals surface area contributed by atoms with Gasteiger partial charge in [-0.3, -0.25) is 9.59 Å². The van der Waals surface area contributed by atoms with Crippen LogP contribution in [0.2, 0.25) is 0 Å². The van der Waals surface area contributed by atoms with Crippen molar-refractivity contribution in [2.75, 3.05) is 29.2 Å². The number of amides is 2. The average molecular weight is 616 g/mol. The van der Waals surface area contributed by atoms with E-state index in [0.29, 0.717) is 48.0 Å². The first-order chi connectivity index (χ1) is 21.7. The third-order valence-corrected chi connectivity index (χ3v) is 6.49. The summed E-state index contributed by atoms with van der Waals surface area (Å²) in [5.41, 5.74) is 1.04. The van der Waals surface area contributed by atoms with Crippen LogP contribution >= 0.6 is 0 Å². The molecule has 1 aromatic heterocycles. The van der Waals surface area contributed by atoms with Crippen molar-refractivity contribution in [2.24, 2.45) is 0 Å². The molecule has 0 unspecified atom stereocenters. The van der Waals surface area contributed by atoms with Crippen LogP contribution in [0.4, 0.5) is 36.2 Å². The zero-order chi connectivity index (χ0) is 31.8. The highest BCUT2D eigenvalue weighted by Gasteiger charge is 2.35. The molecule has 12 heteroatoms. The van der Waals surface area contributed by atoms with Crippen molar-refractivity contribution in [3.8, 4) is 17.0 Å². The summed E-state index contributed by atoms with van der Waals surface area (Å²) in [4.78, 5) is 33.0. The molecule has 2 heterocycles. The summed E-state index contributed by atoms with van der Waals surface area (Å²) >= 11 is 0. The number of ether oxygens (including phenoxy) is 2. The van der Waals surface area contributed by atoms with Crippen LogP contribution in [0.25, 0.3) is 11.3 Å². The normalized spacial score (nSPS) is 14.0. The predicted octanol–water partition coefficient (Wildman–Crippen LogP) is 7.14. The van der Waals surface area contributed by atoms with Crippen LogP contribution < -0.4 is 20.7 Å². The molecule has 0 spiro atoms. The van der Waals surface area contributed by atoms with Crippen LogP contribution in [0.3, 0.4) is 0 Å². The Morgan fingerprint density at radius 1 is 0.978 bits per heavy atom. The molecule has 0 saturated carbocycles. The Balaban J connectivity index is 1.50. The number of hydrogen-bond donors (Lipinski definition) is 3. The van der Waals surface area contributed by atoms with E-state index in [1.54, 1.807) is 48.5 Å². The molecule has 230 valence electrons. The topological polar surface area (TPSA) is 114 Å². The number of carbonyl (C=O) groups excluding carboxylic acids is 2. The number of nitrogens with zero attached hydrogens (tertiary/aromatic N) is 2. The van der Waals surface area contributed by atoms with Gasteiger partial charge in [0.25, 0.3) is 5.91 Å². The maximum atomic E-state index is 14.0. The molecule has 3 aromatic carbocycles. The van der Waals surface area contributed by atoms with Gasteiger partial charge in [0.1, 0.15) is 11.3 Å². The van der Waals surface area contributed by atoms with Crippen molar-refractivity contribution < 1.29 is 32.2 Å². The van der Waals surface area contributed by atoms with E-state index in [-0.39, 0.29) is 29.4 Å². The number of benzene rings is 3. The molecule has 0 saturated heterocycles. The number of rotatable bonds is 4. The van der Waals surface area contributed by atoms with E-state index in [1.165, 1.54) is 18.2 Å². The van der Waals surface area contributed by atoms with Gasteiger partial charge in [-0.05, 0) is 66.6 Å². The van der Waals surface area contributed by atoms with E-state index < -0.39 is 23.6 Å². The molecule has 2 amide bonds. The van der Waals surface area contributed by atoms with Gasteiger partial charge < -0.3 is 25.4 Å². The second-order valence-corrected chi connectivity index (χ2v) is 9.88. The van der Waals surface area contributed by atoms with Crippen molar-refractivity contribution in [1.29, 1.82) is 0 Å². The van der Waals surface area contributed by atoms with Gasteiger partial charge >= 0.3 is 6.18 Å². The van der Waals surface area contributed by atoms with Gasteiger partial charge in [0.15, 0.2) is 0 Å². The average Bonchev–Trinajstić information content (AvgIpc) is 3.01. The number of alkyl halides is 3. The molecule has 4 aromatic rings. The number of hydrogen-bond acceptors (Lipinski definition) is 7. The SMILES string of the molecule is C=CC(=O)Nc1cccc(C(=O)Nc2cc3cc(c2)Nc2ncc(C(F)(F)F)c(n2)-c2cccc(c2)OCC/C=C/COC3)c1. The number of nitrogens with one attached hydrogen (secondary N) is 3. The highest BCUT2D eigenvalue weighted by molar-refractivity contribution is 6.06. The summed E-state index contributed by atoms with van der Waals surface area (Å²) in [7, 11) is 0. The minimum absolute atomic E-state index is 0.0885. The van der Waals surface area contributed by atoms with Gasteiger partial charge in [0.05, 0.1) is 25.5 Å². The molecule has 0 fully saturated rings. The van der Waals surface area contributed by atoms with E-state index in [0.717, 1.165) is 12.3 Å². The lowest BCUT2D eigenvalue weighted by Crippen LogP contribution is -2.14. The van der Waals surface area contributed by atoms with Crippen molar-refractivity contribution in [1.82, 2.24) is 9.97 Å². The third-order valence-electron chi connectivity index (χ3n) is 6.49. The van der Waals surface area contributed by atoms with Gasteiger partial charge in [0, 0.05) is 34.4 Å². The summed E-state index contributed by atoms with van der Waals surface area (Å²) in [5.74, 6) is -0.561. The fraction of sp³-hybridized carbons (Fsp3) is 0.152. The zero-order valence-corrected chi connectivity index (χ0v) is 23.9. The lowest BCUT2D eigenvalue weighted by atomic mass is 10.1. The molecule has 3 N–H and O–H groups in total. The van der Waals surface area contributed by atoms with Crippen LogP contribution in [0.1, 0.15) is 27.9 Å². The van der Waals surface area contributed by atoms with Crippen LogP contribution in [-0.2, 0) is 22.3 Å². The molecule has 0 atom stereocenters. The van der Waals surface area contributed by atoms with Crippen LogP contribution in [0.15, 0.2) is 97.7 Å². The number of fused-ring (bicyclic) bond motifs is 7. The van der Waals surface area contributed by atoms with Gasteiger partial charge in [-0.1, -0.05) is 36.9 Å². The van der Waals surface area contributed by atoms with Gasteiger partial charge in [-0.2, -0.15) is 13.2 Å². The van der Waals surface area contributed by atoms with E-state index in [4.69, 9.17) is 9.47 Å². The fourth-order valence-corrected chi connectivity index (χ4v) is 4.46. The van der Waals surface area contributed by atoms with Crippen molar-refractivity contribution in [2.45, 2.75) is 19.2 Å². The maximum Gasteiger partial charge on any atom is 0.419 e. The number of anilines is 4. The Morgan fingerprint density at radius 2 is 1.82 bits per heavy atom. The third kappa shape index (κ3) is 8.33. The molecule has 0 radical (unpaired) electrons. The van der Waals surface area contributed by atoms with E-state index in [9.17, 15) is 22.8 Å². The summed E-state index contributed by atoms with van der Waals surface area (Å²) in [6.45, 7) is 4.23. The van der Waals surface area contributed by atoms with Crippen molar-refractivity contribution >= 4 is 34.8 Å².